The van der Waals surface area contributed by atoms with Crippen LogP contribution in [0.1, 0.15) is 26.2 Å². The molecule has 0 bridgehead atoms. The summed E-state index contributed by atoms with van der Waals surface area (Å²) in [4.78, 5) is 6.65. The number of aliphatic imine (C=N–C) groups is 1. The van der Waals surface area contributed by atoms with Crippen LogP contribution in [0.2, 0.25) is 0 Å². The largest absolute Gasteiger partial charge is 0.370 e. The number of likely N-dealkylation sites (tertiary alicyclic amines) is 1. The van der Waals surface area contributed by atoms with Crippen LogP contribution in [0.25, 0.3) is 0 Å². The van der Waals surface area contributed by atoms with Crippen LogP contribution in [0.5, 0.6) is 0 Å². The highest BCUT2D eigenvalue weighted by molar-refractivity contribution is 14.0. The molecule has 0 atom stereocenters. The SMILES string of the molecule is CC1CCN(C(N)=NCCCn2cccn2)CC1.I. The van der Waals surface area contributed by atoms with Gasteiger partial charge in [-0.3, -0.25) is 9.67 Å². The maximum absolute atomic E-state index is 6.01. The lowest BCUT2D eigenvalue weighted by molar-refractivity contribution is 0.277. The highest BCUT2D eigenvalue weighted by Gasteiger charge is 2.16. The number of nitrogens with zero attached hydrogens (tertiary/aromatic N) is 4. The van der Waals surface area contributed by atoms with E-state index in [4.69, 9.17) is 5.73 Å². The molecule has 108 valence electrons. The van der Waals surface area contributed by atoms with Crippen molar-refractivity contribution in [3.05, 3.63) is 18.5 Å². The Morgan fingerprint density at radius 3 is 2.79 bits per heavy atom. The fourth-order valence-corrected chi connectivity index (χ4v) is 2.20. The Balaban J connectivity index is 0.00000180. The lowest BCUT2D eigenvalue weighted by atomic mass is 10.00. The number of hydrogen-bond donors (Lipinski definition) is 1. The highest BCUT2D eigenvalue weighted by Crippen LogP contribution is 2.15. The van der Waals surface area contributed by atoms with Crippen LogP contribution in [0.3, 0.4) is 0 Å². The van der Waals surface area contributed by atoms with E-state index in [-0.39, 0.29) is 24.0 Å². The first kappa shape index (κ1) is 16.3. The van der Waals surface area contributed by atoms with E-state index in [9.17, 15) is 0 Å². The molecule has 1 aromatic rings. The molecule has 0 saturated carbocycles. The average molecular weight is 377 g/mol. The van der Waals surface area contributed by atoms with Crippen molar-refractivity contribution in [2.75, 3.05) is 19.6 Å². The van der Waals surface area contributed by atoms with Crippen LogP contribution in [0, 0.1) is 5.92 Å². The molecule has 1 fully saturated rings. The Hall–Kier alpha value is -0.790. The number of piperidine rings is 1. The zero-order valence-electron chi connectivity index (χ0n) is 11.5. The zero-order chi connectivity index (χ0) is 12.8. The van der Waals surface area contributed by atoms with Gasteiger partial charge in [0.25, 0.3) is 0 Å². The molecule has 0 amide bonds. The number of halogens is 1. The zero-order valence-corrected chi connectivity index (χ0v) is 13.9. The Morgan fingerprint density at radius 2 is 2.16 bits per heavy atom. The van der Waals surface area contributed by atoms with Gasteiger partial charge in [0.1, 0.15) is 0 Å². The summed E-state index contributed by atoms with van der Waals surface area (Å²) in [7, 11) is 0. The van der Waals surface area contributed by atoms with Crippen LogP contribution < -0.4 is 5.73 Å². The van der Waals surface area contributed by atoms with Crippen LogP contribution >= 0.6 is 24.0 Å². The average Bonchev–Trinajstić information content (AvgIpc) is 2.88. The molecule has 1 aromatic heterocycles. The molecule has 0 aliphatic carbocycles. The third-order valence-electron chi connectivity index (χ3n) is 3.49. The van der Waals surface area contributed by atoms with Gasteiger partial charge in [0.2, 0.25) is 0 Å². The number of rotatable bonds is 4. The smallest absolute Gasteiger partial charge is 0.191 e. The summed E-state index contributed by atoms with van der Waals surface area (Å²) in [5.41, 5.74) is 6.01. The maximum atomic E-state index is 6.01. The van der Waals surface area contributed by atoms with Crippen molar-refractivity contribution >= 4 is 29.9 Å². The molecule has 6 heteroatoms. The Morgan fingerprint density at radius 1 is 1.42 bits per heavy atom. The fraction of sp³-hybridized carbons (Fsp3) is 0.692. The summed E-state index contributed by atoms with van der Waals surface area (Å²) in [5, 5.41) is 4.16. The number of aryl methyl sites for hydroxylation is 1. The van der Waals surface area contributed by atoms with Crippen LogP contribution in [-0.4, -0.2) is 40.3 Å². The van der Waals surface area contributed by atoms with E-state index in [0.717, 1.165) is 38.5 Å². The van der Waals surface area contributed by atoms with Gasteiger partial charge in [-0.15, -0.1) is 24.0 Å². The first-order chi connectivity index (χ1) is 8.75. The lowest BCUT2D eigenvalue weighted by Gasteiger charge is -2.31. The molecule has 19 heavy (non-hydrogen) atoms. The molecule has 0 unspecified atom stereocenters. The first-order valence-corrected chi connectivity index (χ1v) is 6.78. The highest BCUT2D eigenvalue weighted by atomic mass is 127. The number of hydrogen-bond acceptors (Lipinski definition) is 2. The molecule has 0 radical (unpaired) electrons. The molecular weight excluding hydrogens is 353 g/mol. The van der Waals surface area contributed by atoms with Crippen molar-refractivity contribution in [2.24, 2.45) is 16.6 Å². The minimum atomic E-state index is 0. The maximum Gasteiger partial charge on any atom is 0.191 e. The summed E-state index contributed by atoms with van der Waals surface area (Å²) in [6.45, 7) is 6.08. The van der Waals surface area contributed by atoms with Crippen molar-refractivity contribution in [3.8, 4) is 0 Å². The van der Waals surface area contributed by atoms with E-state index >= 15 is 0 Å². The second-order valence-corrected chi connectivity index (χ2v) is 5.03. The predicted molar refractivity (Wildman–Crippen MR) is 88.7 cm³/mol. The van der Waals surface area contributed by atoms with Crippen molar-refractivity contribution in [3.63, 3.8) is 0 Å². The first-order valence-electron chi connectivity index (χ1n) is 6.78. The number of guanidine groups is 1. The lowest BCUT2D eigenvalue weighted by Crippen LogP contribution is -2.42. The monoisotopic (exact) mass is 377 g/mol. The minimum Gasteiger partial charge on any atom is -0.370 e. The van der Waals surface area contributed by atoms with Gasteiger partial charge in [-0.05, 0) is 31.2 Å². The molecule has 0 aromatic carbocycles. The molecule has 1 aliphatic heterocycles. The summed E-state index contributed by atoms with van der Waals surface area (Å²) < 4.78 is 1.92. The number of nitrogens with two attached hydrogens (primary N) is 1. The topological polar surface area (TPSA) is 59.4 Å². The standard InChI is InChI=1S/C13H23N5.HI/c1-12-4-10-17(11-5-12)13(14)15-6-2-8-18-9-3-7-16-18;/h3,7,9,12H,2,4-6,8,10-11H2,1H3,(H2,14,15);1H. The summed E-state index contributed by atoms with van der Waals surface area (Å²) in [6, 6.07) is 1.94. The van der Waals surface area contributed by atoms with Crippen molar-refractivity contribution in [1.82, 2.24) is 14.7 Å². The molecule has 5 nitrogen and oxygen atoms in total. The number of aromatic nitrogens is 2. The van der Waals surface area contributed by atoms with Gasteiger partial charge in [-0.1, -0.05) is 6.92 Å². The van der Waals surface area contributed by atoms with Gasteiger partial charge in [0.15, 0.2) is 5.96 Å². The quantitative estimate of drug-likeness (QED) is 0.378. The van der Waals surface area contributed by atoms with E-state index in [2.05, 4.69) is 21.9 Å². The summed E-state index contributed by atoms with van der Waals surface area (Å²) in [5.74, 6) is 1.54. The molecule has 1 saturated heterocycles. The van der Waals surface area contributed by atoms with E-state index in [1.54, 1.807) is 6.20 Å². The van der Waals surface area contributed by atoms with Gasteiger partial charge in [0.05, 0.1) is 0 Å². The van der Waals surface area contributed by atoms with Crippen molar-refractivity contribution in [2.45, 2.75) is 32.7 Å². The van der Waals surface area contributed by atoms with E-state index < -0.39 is 0 Å². The Bertz CT molecular complexity index is 368. The van der Waals surface area contributed by atoms with Crippen LogP contribution in [-0.2, 0) is 6.54 Å². The molecule has 0 spiro atoms. The minimum absolute atomic E-state index is 0. The van der Waals surface area contributed by atoms with E-state index in [1.165, 1.54) is 12.8 Å². The van der Waals surface area contributed by atoms with Crippen LogP contribution in [0.15, 0.2) is 23.5 Å². The van der Waals surface area contributed by atoms with Crippen molar-refractivity contribution in [1.29, 1.82) is 0 Å². The normalized spacial score (nSPS) is 17.3. The molecular formula is C13H24IN5. The van der Waals surface area contributed by atoms with Gasteiger partial charge in [-0.25, -0.2) is 0 Å². The third-order valence-corrected chi connectivity index (χ3v) is 3.49. The van der Waals surface area contributed by atoms with Crippen LogP contribution in [0.4, 0.5) is 0 Å². The fourth-order valence-electron chi connectivity index (χ4n) is 2.20. The van der Waals surface area contributed by atoms with Crippen molar-refractivity contribution < 1.29 is 0 Å². The predicted octanol–water partition coefficient (Wildman–Crippen LogP) is 1.94. The second kappa shape index (κ2) is 8.39. The second-order valence-electron chi connectivity index (χ2n) is 5.03. The van der Waals surface area contributed by atoms with Gasteiger partial charge in [-0.2, -0.15) is 5.10 Å². The molecule has 2 heterocycles. The van der Waals surface area contributed by atoms with E-state index in [1.807, 2.05) is 16.9 Å². The summed E-state index contributed by atoms with van der Waals surface area (Å²) >= 11 is 0. The van der Waals surface area contributed by atoms with E-state index in [0.29, 0.717) is 5.96 Å². The molecule has 2 N–H and O–H groups in total. The molecule has 2 rings (SSSR count). The Labute approximate surface area is 132 Å². The molecule has 1 aliphatic rings. The van der Waals surface area contributed by atoms with Gasteiger partial charge >= 0.3 is 0 Å². The summed E-state index contributed by atoms with van der Waals surface area (Å²) in [6.07, 6.45) is 7.20. The Kier molecular flexibility index (Phi) is 7.19. The van der Waals surface area contributed by atoms with Gasteiger partial charge in [0, 0.05) is 38.6 Å². The third kappa shape index (κ3) is 5.38. The van der Waals surface area contributed by atoms with Gasteiger partial charge < -0.3 is 10.6 Å².